The van der Waals surface area contributed by atoms with Crippen LogP contribution in [0.1, 0.15) is 11.7 Å². The summed E-state index contributed by atoms with van der Waals surface area (Å²) >= 11 is 0. The van der Waals surface area contributed by atoms with Gasteiger partial charge >= 0.3 is 0 Å². The van der Waals surface area contributed by atoms with Gasteiger partial charge in [0.25, 0.3) is 0 Å². The van der Waals surface area contributed by atoms with Gasteiger partial charge in [-0.1, -0.05) is 30.3 Å². The predicted molar refractivity (Wildman–Crippen MR) is 52.3 cm³/mol. The number of hydrogen-bond acceptors (Lipinski definition) is 2. The van der Waals surface area contributed by atoms with Crippen molar-refractivity contribution in [3.63, 3.8) is 0 Å². The molecule has 0 amide bonds. The first-order valence-electron chi connectivity index (χ1n) is 4.15. The SMILES string of the molecule is COC=C[C@H](OC)c1ccccc1. The molecule has 0 aromatic heterocycles. The molecule has 2 nitrogen and oxygen atoms in total. The summed E-state index contributed by atoms with van der Waals surface area (Å²) in [6.07, 6.45) is 3.47. The molecule has 1 rings (SSSR count). The van der Waals surface area contributed by atoms with Crippen LogP contribution in [0.3, 0.4) is 0 Å². The Labute approximate surface area is 78.8 Å². The zero-order valence-electron chi connectivity index (χ0n) is 7.94. The first kappa shape index (κ1) is 9.81. The minimum atomic E-state index is -0.0267. The lowest BCUT2D eigenvalue weighted by Gasteiger charge is -2.10. The van der Waals surface area contributed by atoms with E-state index in [1.165, 1.54) is 0 Å². The largest absolute Gasteiger partial charge is 0.505 e. The van der Waals surface area contributed by atoms with Crippen LogP contribution in [-0.2, 0) is 9.47 Å². The Morgan fingerprint density at radius 2 is 1.85 bits per heavy atom. The molecule has 13 heavy (non-hydrogen) atoms. The van der Waals surface area contributed by atoms with Crippen molar-refractivity contribution in [2.75, 3.05) is 14.2 Å². The fourth-order valence-corrected chi connectivity index (χ4v) is 1.12. The normalized spacial score (nSPS) is 13.1. The van der Waals surface area contributed by atoms with Crippen molar-refractivity contribution < 1.29 is 9.47 Å². The van der Waals surface area contributed by atoms with E-state index in [1.54, 1.807) is 20.5 Å². The lowest BCUT2D eigenvalue weighted by molar-refractivity contribution is 0.139. The van der Waals surface area contributed by atoms with E-state index in [1.807, 2.05) is 36.4 Å². The first-order valence-corrected chi connectivity index (χ1v) is 4.15. The minimum absolute atomic E-state index is 0.0267. The average molecular weight is 178 g/mol. The van der Waals surface area contributed by atoms with E-state index in [-0.39, 0.29) is 6.10 Å². The monoisotopic (exact) mass is 178 g/mol. The van der Waals surface area contributed by atoms with Crippen LogP contribution < -0.4 is 0 Å². The highest BCUT2D eigenvalue weighted by Crippen LogP contribution is 2.16. The van der Waals surface area contributed by atoms with Crippen molar-refractivity contribution >= 4 is 0 Å². The van der Waals surface area contributed by atoms with E-state index < -0.39 is 0 Å². The average Bonchev–Trinajstić information content (AvgIpc) is 2.21. The molecule has 2 heteroatoms. The third kappa shape index (κ3) is 2.92. The van der Waals surface area contributed by atoms with Gasteiger partial charge in [-0.05, 0) is 11.6 Å². The highest BCUT2D eigenvalue weighted by molar-refractivity contribution is 5.20. The van der Waals surface area contributed by atoms with Gasteiger partial charge in [0.05, 0.1) is 13.4 Å². The van der Waals surface area contributed by atoms with Gasteiger partial charge in [-0.25, -0.2) is 0 Å². The molecular weight excluding hydrogens is 164 g/mol. The summed E-state index contributed by atoms with van der Waals surface area (Å²) in [5.41, 5.74) is 1.12. The van der Waals surface area contributed by atoms with E-state index >= 15 is 0 Å². The van der Waals surface area contributed by atoms with Gasteiger partial charge in [-0.2, -0.15) is 0 Å². The standard InChI is InChI=1S/C11H14O2/c1-12-9-8-11(13-2)10-6-4-3-5-7-10/h3-9,11H,1-2H3/t11-/m0/s1. The lowest BCUT2D eigenvalue weighted by atomic mass is 10.1. The highest BCUT2D eigenvalue weighted by atomic mass is 16.5. The van der Waals surface area contributed by atoms with Crippen LogP contribution in [-0.4, -0.2) is 14.2 Å². The van der Waals surface area contributed by atoms with Gasteiger partial charge in [-0.15, -0.1) is 0 Å². The number of methoxy groups -OCH3 is 2. The molecule has 1 aromatic carbocycles. The molecular formula is C11H14O2. The third-order valence-electron chi connectivity index (χ3n) is 1.77. The zero-order chi connectivity index (χ0) is 9.52. The molecule has 0 saturated carbocycles. The fraction of sp³-hybridized carbons (Fsp3) is 0.273. The van der Waals surface area contributed by atoms with E-state index in [4.69, 9.17) is 9.47 Å². The minimum Gasteiger partial charge on any atom is -0.505 e. The second kappa shape index (κ2) is 5.38. The van der Waals surface area contributed by atoms with Crippen molar-refractivity contribution in [3.8, 4) is 0 Å². The molecule has 1 atom stereocenters. The molecule has 0 saturated heterocycles. The van der Waals surface area contributed by atoms with Crippen LogP contribution >= 0.6 is 0 Å². The Bertz CT molecular complexity index is 254. The fourth-order valence-electron chi connectivity index (χ4n) is 1.12. The first-order chi connectivity index (χ1) is 6.38. The molecule has 0 fully saturated rings. The molecule has 0 bridgehead atoms. The molecule has 1 aromatic rings. The van der Waals surface area contributed by atoms with E-state index in [9.17, 15) is 0 Å². The summed E-state index contributed by atoms with van der Waals surface area (Å²) in [6.45, 7) is 0. The van der Waals surface area contributed by atoms with E-state index in [0.717, 1.165) is 5.56 Å². The molecule has 0 heterocycles. The second-order valence-corrected chi connectivity index (χ2v) is 2.63. The van der Waals surface area contributed by atoms with Crippen LogP contribution in [0, 0.1) is 0 Å². The maximum Gasteiger partial charge on any atom is 0.103 e. The molecule has 0 N–H and O–H groups in total. The Balaban J connectivity index is 2.73. The van der Waals surface area contributed by atoms with Crippen molar-refractivity contribution in [1.29, 1.82) is 0 Å². The number of rotatable bonds is 4. The molecule has 0 aliphatic carbocycles. The molecule has 70 valence electrons. The van der Waals surface area contributed by atoms with Gasteiger partial charge in [0.1, 0.15) is 6.10 Å². The molecule has 0 radical (unpaired) electrons. The third-order valence-corrected chi connectivity index (χ3v) is 1.77. The Hall–Kier alpha value is -1.28. The topological polar surface area (TPSA) is 18.5 Å². The predicted octanol–water partition coefficient (Wildman–Crippen LogP) is 2.53. The van der Waals surface area contributed by atoms with Gasteiger partial charge < -0.3 is 9.47 Å². The van der Waals surface area contributed by atoms with Crippen LogP contribution in [0.25, 0.3) is 0 Å². The molecule has 0 aliphatic heterocycles. The molecule has 0 spiro atoms. The van der Waals surface area contributed by atoms with Gasteiger partial charge in [0, 0.05) is 7.11 Å². The Kier molecular flexibility index (Phi) is 4.06. The number of benzene rings is 1. The summed E-state index contributed by atoms with van der Waals surface area (Å²) < 4.78 is 10.1. The molecule has 0 unspecified atom stereocenters. The van der Waals surface area contributed by atoms with Gasteiger partial charge in [0.15, 0.2) is 0 Å². The summed E-state index contributed by atoms with van der Waals surface area (Å²) in [5.74, 6) is 0. The van der Waals surface area contributed by atoms with Crippen LogP contribution in [0.5, 0.6) is 0 Å². The summed E-state index contributed by atoms with van der Waals surface area (Å²) in [4.78, 5) is 0. The van der Waals surface area contributed by atoms with E-state index in [0.29, 0.717) is 0 Å². The number of ether oxygens (including phenoxy) is 2. The van der Waals surface area contributed by atoms with E-state index in [2.05, 4.69) is 0 Å². The number of hydrogen-bond donors (Lipinski definition) is 0. The van der Waals surface area contributed by atoms with Crippen LogP contribution in [0.15, 0.2) is 42.7 Å². The maximum atomic E-state index is 5.27. The second-order valence-electron chi connectivity index (χ2n) is 2.63. The summed E-state index contributed by atoms with van der Waals surface area (Å²) in [7, 11) is 3.30. The van der Waals surface area contributed by atoms with Crippen molar-refractivity contribution in [2.45, 2.75) is 6.10 Å². The van der Waals surface area contributed by atoms with Crippen LogP contribution in [0.4, 0.5) is 0 Å². The van der Waals surface area contributed by atoms with Crippen molar-refractivity contribution in [1.82, 2.24) is 0 Å². The van der Waals surface area contributed by atoms with Crippen molar-refractivity contribution in [2.24, 2.45) is 0 Å². The lowest BCUT2D eigenvalue weighted by Crippen LogP contribution is -1.97. The van der Waals surface area contributed by atoms with Crippen LogP contribution in [0.2, 0.25) is 0 Å². The smallest absolute Gasteiger partial charge is 0.103 e. The zero-order valence-corrected chi connectivity index (χ0v) is 7.94. The van der Waals surface area contributed by atoms with Gasteiger partial charge in [0.2, 0.25) is 0 Å². The van der Waals surface area contributed by atoms with Crippen molar-refractivity contribution in [3.05, 3.63) is 48.2 Å². The maximum absolute atomic E-state index is 5.27. The Morgan fingerprint density at radius 1 is 1.15 bits per heavy atom. The summed E-state index contributed by atoms with van der Waals surface area (Å²) in [5, 5.41) is 0. The highest BCUT2D eigenvalue weighted by Gasteiger charge is 2.04. The Morgan fingerprint density at radius 3 is 2.38 bits per heavy atom. The summed E-state index contributed by atoms with van der Waals surface area (Å²) in [6, 6.07) is 10.0. The molecule has 0 aliphatic rings. The van der Waals surface area contributed by atoms with Gasteiger partial charge in [-0.3, -0.25) is 0 Å². The quantitative estimate of drug-likeness (QED) is 0.659.